The van der Waals surface area contributed by atoms with Crippen LogP contribution >= 0.6 is 0 Å². The fourth-order valence-corrected chi connectivity index (χ4v) is 4.44. The van der Waals surface area contributed by atoms with Gasteiger partial charge in [0.05, 0.1) is 27.2 Å². The van der Waals surface area contributed by atoms with E-state index < -0.39 is 0 Å². The number of quaternary nitrogens is 1. The third-order valence-corrected chi connectivity index (χ3v) is 5.62. The number of hydrogen-bond acceptors (Lipinski definition) is 1. The number of ether oxygens (including phenoxy) is 1. The van der Waals surface area contributed by atoms with E-state index in [0.717, 1.165) is 16.7 Å². The van der Waals surface area contributed by atoms with Gasteiger partial charge in [-0.15, -0.1) is 0 Å². The summed E-state index contributed by atoms with van der Waals surface area (Å²) in [5, 5.41) is 0. The van der Waals surface area contributed by atoms with Crippen LogP contribution in [0.3, 0.4) is 0 Å². The SMILES string of the molecule is COc1ccc2c(c1)CC[N+]1(C)CCCc3ccccc3C21. The molecule has 2 heterocycles. The first-order chi connectivity index (χ1) is 10.7. The van der Waals surface area contributed by atoms with Crippen molar-refractivity contribution in [3.05, 3.63) is 64.7 Å². The maximum atomic E-state index is 5.43. The minimum absolute atomic E-state index is 0.480. The van der Waals surface area contributed by atoms with Crippen molar-refractivity contribution in [2.45, 2.75) is 25.3 Å². The highest BCUT2D eigenvalue weighted by Gasteiger charge is 2.42. The van der Waals surface area contributed by atoms with Crippen LogP contribution in [0.1, 0.15) is 34.7 Å². The molecule has 0 aliphatic carbocycles. The number of benzene rings is 2. The molecule has 0 amide bonds. The third-order valence-electron chi connectivity index (χ3n) is 5.62. The first kappa shape index (κ1) is 13.8. The van der Waals surface area contributed by atoms with Crippen LogP contribution in [0.25, 0.3) is 0 Å². The predicted octanol–water partition coefficient (Wildman–Crippen LogP) is 3.73. The van der Waals surface area contributed by atoms with Crippen LogP contribution in [-0.2, 0) is 12.8 Å². The highest BCUT2D eigenvalue weighted by atomic mass is 16.5. The van der Waals surface area contributed by atoms with E-state index in [1.54, 1.807) is 7.11 Å². The first-order valence-corrected chi connectivity index (χ1v) is 8.30. The standard InChI is InChI=1S/C20H24NO/c1-21-12-5-7-15-6-3-4-8-18(15)20(21)19-10-9-17(22-2)14-16(19)11-13-21/h3-4,6,8-10,14,20H,5,7,11-13H2,1-2H3/q+1. The van der Waals surface area contributed by atoms with Gasteiger partial charge in [-0.05, 0) is 35.7 Å². The minimum atomic E-state index is 0.480. The lowest BCUT2D eigenvalue weighted by Crippen LogP contribution is -2.51. The Balaban J connectivity index is 1.91. The first-order valence-electron chi connectivity index (χ1n) is 8.30. The number of methoxy groups -OCH3 is 1. The van der Waals surface area contributed by atoms with E-state index in [4.69, 9.17) is 4.74 Å². The molecule has 4 rings (SSSR count). The quantitative estimate of drug-likeness (QED) is 0.728. The third kappa shape index (κ3) is 2.05. The molecule has 2 aliphatic heterocycles. The van der Waals surface area contributed by atoms with E-state index in [9.17, 15) is 0 Å². The molecule has 0 N–H and O–H groups in total. The average Bonchev–Trinajstić information content (AvgIpc) is 2.70. The van der Waals surface area contributed by atoms with Gasteiger partial charge in [0.2, 0.25) is 0 Å². The van der Waals surface area contributed by atoms with Gasteiger partial charge in [-0.2, -0.15) is 0 Å². The summed E-state index contributed by atoms with van der Waals surface area (Å²) in [4.78, 5) is 0. The lowest BCUT2D eigenvalue weighted by molar-refractivity contribution is -0.935. The molecule has 0 bridgehead atoms. The van der Waals surface area contributed by atoms with Gasteiger partial charge in [0.25, 0.3) is 0 Å². The second kappa shape index (κ2) is 5.13. The number of hydrogen-bond donors (Lipinski definition) is 0. The second-order valence-corrected chi connectivity index (χ2v) is 6.95. The molecule has 0 saturated heterocycles. The molecule has 2 heteroatoms. The van der Waals surface area contributed by atoms with Gasteiger partial charge in [-0.3, -0.25) is 0 Å². The van der Waals surface area contributed by atoms with Crippen LogP contribution in [0.15, 0.2) is 42.5 Å². The zero-order chi connectivity index (χ0) is 15.2. The van der Waals surface area contributed by atoms with Crippen LogP contribution < -0.4 is 4.74 Å². The Kier molecular flexibility index (Phi) is 3.23. The summed E-state index contributed by atoms with van der Waals surface area (Å²) < 4.78 is 6.58. The topological polar surface area (TPSA) is 9.23 Å². The molecule has 0 fully saturated rings. The Morgan fingerprint density at radius 1 is 0.955 bits per heavy atom. The molecule has 2 aromatic carbocycles. The monoisotopic (exact) mass is 294 g/mol. The van der Waals surface area contributed by atoms with Crippen molar-refractivity contribution < 1.29 is 9.22 Å². The number of nitrogens with zero attached hydrogens (tertiary/aromatic N) is 1. The molecule has 2 nitrogen and oxygen atoms in total. The molecular formula is C20H24NO+. The van der Waals surface area contributed by atoms with E-state index >= 15 is 0 Å². The molecule has 114 valence electrons. The van der Waals surface area contributed by atoms with Crippen molar-refractivity contribution in [2.24, 2.45) is 0 Å². The summed E-state index contributed by atoms with van der Waals surface area (Å²) in [6.45, 7) is 2.49. The minimum Gasteiger partial charge on any atom is -0.497 e. The van der Waals surface area contributed by atoms with E-state index in [2.05, 4.69) is 49.5 Å². The fourth-order valence-electron chi connectivity index (χ4n) is 4.44. The van der Waals surface area contributed by atoms with Crippen molar-refractivity contribution in [1.82, 2.24) is 0 Å². The van der Waals surface area contributed by atoms with Crippen LogP contribution in [0, 0.1) is 0 Å². The molecule has 2 atom stereocenters. The molecular weight excluding hydrogens is 270 g/mol. The molecule has 22 heavy (non-hydrogen) atoms. The van der Waals surface area contributed by atoms with E-state index in [1.165, 1.54) is 48.2 Å². The summed E-state index contributed by atoms with van der Waals surface area (Å²) in [5.74, 6) is 0.983. The van der Waals surface area contributed by atoms with Crippen molar-refractivity contribution in [1.29, 1.82) is 0 Å². The molecule has 2 aromatic rings. The molecule has 0 radical (unpaired) electrons. The lowest BCUT2D eigenvalue weighted by atomic mass is 9.85. The maximum Gasteiger partial charge on any atom is 0.141 e. The van der Waals surface area contributed by atoms with E-state index in [1.807, 2.05) is 0 Å². The summed E-state index contributed by atoms with van der Waals surface area (Å²) >= 11 is 0. The highest BCUT2D eigenvalue weighted by Crippen LogP contribution is 2.43. The highest BCUT2D eigenvalue weighted by molar-refractivity contribution is 5.44. The Bertz CT molecular complexity index is 709. The summed E-state index contributed by atoms with van der Waals surface area (Å²) in [6, 6.07) is 16.2. The fraction of sp³-hybridized carbons (Fsp3) is 0.400. The van der Waals surface area contributed by atoms with Crippen LogP contribution in [0.4, 0.5) is 0 Å². The summed E-state index contributed by atoms with van der Waals surface area (Å²) in [7, 11) is 4.20. The second-order valence-electron chi connectivity index (χ2n) is 6.95. The molecule has 0 spiro atoms. The van der Waals surface area contributed by atoms with Gasteiger partial charge < -0.3 is 9.22 Å². The zero-order valence-electron chi connectivity index (χ0n) is 13.5. The normalized spacial score (nSPS) is 26.4. The number of likely N-dealkylation sites (N-methyl/N-ethyl adjacent to an activating group) is 1. The van der Waals surface area contributed by atoms with Crippen molar-refractivity contribution in [3.8, 4) is 5.75 Å². The van der Waals surface area contributed by atoms with Gasteiger partial charge in [-0.25, -0.2) is 0 Å². The van der Waals surface area contributed by atoms with E-state index in [0.29, 0.717) is 6.04 Å². The molecule has 0 saturated carbocycles. The Hall–Kier alpha value is -1.80. The zero-order valence-corrected chi connectivity index (χ0v) is 13.5. The van der Waals surface area contributed by atoms with Gasteiger partial charge >= 0.3 is 0 Å². The predicted molar refractivity (Wildman–Crippen MR) is 89.2 cm³/mol. The molecule has 2 unspecified atom stereocenters. The Morgan fingerprint density at radius 2 is 1.77 bits per heavy atom. The van der Waals surface area contributed by atoms with Crippen LogP contribution in [0.5, 0.6) is 5.75 Å². The van der Waals surface area contributed by atoms with Crippen LogP contribution in [0.2, 0.25) is 0 Å². The average molecular weight is 294 g/mol. The number of aryl methyl sites for hydroxylation is 1. The van der Waals surface area contributed by atoms with Gasteiger partial charge in [-0.1, -0.05) is 24.3 Å². The van der Waals surface area contributed by atoms with E-state index in [-0.39, 0.29) is 0 Å². The van der Waals surface area contributed by atoms with Gasteiger partial charge in [0, 0.05) is 24.0 Å². The largest absolute Gasteiger partial charge is 0.497 e. The van der Waals surface area contributed by atoms with Crippen molar-refractivity contribution >= 4 is 0 Å². The Morgan fingerprint density at radius 3 is 2.64 bits per heavy atom. The summed E-state index contributed by atoms with van der Waals surface area (Å²) in [6.07, 6.45) is 3.66. The molecule has 2 aliphatic rings. The van der Waals surface area contributed by atoms with Gasteiger partial charge in [0.15, 0.2) is 0 Å². The van der Waals surface area contributed by atoms with Gasteiger partial charge in [0.1, 0.15) is 11.8 Å². The Labute approximate surface area is 132 Å². The summed E-state index contributed by atoms with van der Waals surface area (Å²) in [5.41, 5.74) is 6.05. The number of rotatable bonds is 1. The van der Waals surface area contributed by atoms with Crippen molar-refractivity contribution in [2.75, 3.05) is 27.2 Å². The number of fused-ring (bicyclic) bond motifs is 5. The lowest BCUT2D eigenvalue weighted by Gasteiger charge is -2.45. The maximum absolute atomic E-state index is 5.43. The van der Waals surface area contributed by atoms with Crippen LogP contribution in [-0.4, -0.2) is 31.7 Å². The smallest absolute Gasteiger partial charge is 0.141 e. The molecule has 0 aromatic heterocycles. The van der Waals surface area contributed by atoms with Crippen molar-refractivity contribution in [3.63, 3.8) is 0 Å².